The standard InChI is InChI=1S/C25H27N7O/c1-18-4-3-11-26-22(18)17-32-23(33)10-5-19-16-27-25(29-24(19)32)28-20-6-8-21(9-7-20)31-14-12-30(2)13-15-31/h3-11,16H,12-15,17H2,1-2H3,(H,27,28,29). The maximum Gasteiger partial charge on any atom is 0.252 e. The Bertz CT molecular complexity index is 1320. The molecule has 8 nitrogen and oxygen atoms in total. The molecule has 0 amide bonds. The van der Waals surface area contributed by atoms with Crippen LogP contribution in [0.15, 0.2) is 65.7 Å². The number of aryl methyl sites for hydroxylation is 1. The fraction of sp³-hybridized carbons (Fsp3) is 0.280. The molecule has 3 aromatic heterocycles. The second-order valence-corrected chi connectivity index (χ2v) is 8.46. The van der Waals surface area contributed by atoms with Crippen LogP contribution in [0.4, 0.5) is 17.3 Å². The second kappa shape index (κ2) is 8.99. The van der Waals surface area contributed by atoms with Crippen molar-refractivity contribution in [2.45, 2.75) is 13.5 Å². The number of anilines is 3. The van der Waals surface area contributed by atoms with Crippen LogP contribution >= 0.6 is 0 Å². The lowest BCUT2D eigenvalue weighted by Crippen LogP contribution is -2.44. The molecule has 0 atom stereocenters. The van der Waals surface area contributed by atoms with Crippen molar-refractivity contribution in [2.75, 3.05) is 43.4 Å². The molecule has 4 aromatic rings. The first-order valence-corrected chi connectivity index (χ1v) is 11.1. The summed E-state index contributed by atoms with van der Waals surface area (Å²) in [5, 5.41) is 4.08. The van der Waals surface area contributed by atoms with E-state index in [9.17, 15) is 4.79 Å². The van der Waals surface area contributed by atoms with Gasteiger partial charge in [-0.2, -0.15) is 4.98 Å². The summed E-state index contributed by atoms with van der Waals surface area (Å²) >= 11 is 0. The number of rotatable bonds is 5. The zero-order valence-corrected chi connectivity index (χ0v) is 18.9. The average Bonchev–Trinajstić information content (AvgIpc) is 2.83. The fourth-order valence-corrected chi connectivity index (χ4v) is 4.07. The minimum absolute atomic E-state index is 0.117. The van der Waals surface area contributed by atoms with E-state index in [0.29, 0.717) is 18.1 Å². The maximum atomic E-state index is 12.7. The van der Waals surface area contributed by atoms with Crippen molar-refractivity contribution in [3.05, 3.63) is 82.5 Å². The van der Waals surface area contributed by atoms with Crippen molar-refractivity contribution in [3.63, 3.8) is 0 Å². The smallest absolute Gasteiger partial charge is 0.252 e. The molecule has 5 rings (SSSR count). The van der Waals surface area contributed by atoms with Crippen LogP contribution in [0.25, 0.3) is 11.0 Å². The monoisotopic (exact) mass is 441 g/mol. The van der Waals surface area contributed by atoms with Crippen molar-refractivity contribution in [1.82, 2.24) is 24.4 Å². The van der Waals surface area contributed by atoms with Gasteiger partial charge in [0.05, 0.1) is 12.2 Å². The van der Waals surface area contributed by atoms with E-state index >= 15 is 0 Å². The number of piperazine rings is 1. The molecule has 168 valence electrons. The third kappa shape index (κ3) is 4.56. The highest BCUT2D eigenvalue weighted by Gasteiger charge is 2.14. The normalized spacial score (nSPS) is 14.5. The molecule has 0 radical (unpaired) electrons. The van der Waals surface area contributed by atoms with Crippen molar-refractivity contribution in [2.24, 2.45) is 0 Å². The van der Waals surface area contributed by atoms with Crippen molar-refractivity contribution >= 4 is 28.4 Å². The predicted octanol–water partition coefficient (Wildman–Crippen LogP) is 3.04. The summed E-state index contributed by atoms with van der Waals surface area (Å²) in [6.45, 7) is 6.56. The van der Waals surface area contributed by atoms with E-state index < -0.39 is 0 Å². The summed E-state index contributed by atoms with van der Waals surface area (Å²) in [6.07, 6.45) is 3.48. The van der Waals surface area contributed by atoms with Crippen molar-refractivity contribution in [1.29, 1.82) is 0 Å². The van der Waals surface area contributed by atoms with Crippen LogP contribution in [0, 0.1) is 6.92 Å². The van der Waals surface area contributed by atoms with Crippen LogP contribution in [0.5, 0.6) is 0 Å². The summed E-state index contributed by atoms with van der Waals surface area (Å²) in [7, 11) is 2.16. The van der Waals surface area contributed by atoms with Crippen LogP contribution < -0.4 is 15.8 Å². The molecule has 0 aliphatic carbocycles. The molecule has 0 unspecified atom stereocenters. The molecule has 4 heterocycles. The molecule has 33 heavy (non-hydrogen) atoms. The number of aromatic nitrogens is 4. The molecular formula is C25H27N7O. The van der Waals surface area contributed by atoms with Gasteiger partial charge in [0.2, 0.25) is 5.95 Å². The van der Waals surface area contributed by atoms with Crippen LogP contribution in [0.1, 0.15) is 11.3 Å². The SMILES string of the molecule is Cc1cccnc1Cn1c(=O)ccc2cnc(Nc3ccc(N4CCN(C)CC4)cc3)nc21. The van der Waals surface area contributed by atoms with Crippen LogP contribution in [0.2, 0.25) is 0 Å². The van der Waals surface area contributed by atoms with E-state index in [1.807, 2.05) is 31.2 Å². The van der Waals surface area contributed by atoms with E-state index in [4.69, 9.17) is 0 Å². The van der Waals surface area contributed by atoms with Crippen LogP contribution in [-0.2, 0) is 6.54 Å². The molecule has 1 aliphatic rings. The Labute approximate surface area is 192 Å². The Morgan fingerprint density at radius 2 is 1.76 bits per heavy atom. The third-order valence-electron chi connectivity index (χ3n) is 6.14. The molecule has 0 spiro atoms. The lowest BCUT2D eigenvalue weighted by Gasteiger charge is -2.34. The Morgan fingerprint density at radius 3 is 2.52 bits per heavy atom. The number of pyridine rings is 2. The summed E-state index contributed by atoms with van der Waals surface area (Å²) in [4.78, 5) is 31.0. The first-order valence-electron chi connectivity index (χ1n) is 11.1. The summed E-state index contributed by atoms with van der Waals surface area (Å²) in [6, 6.07) is 15.5. The first kappa shape index (κ1) is 21.1. The van der Waals surface area contributed by atoms with Gasteiger partial charge in [-0.25, -0.2) is 4.98 Å². The third-order valence-corrected chi connectivity index (χ3v) is 6.14. The Kier molecular flexibility index (Phi) is 5.75. The maximum absolute atomic E-state index is 12.7. The second-order valence-electron chi connectivity index (χ2n) is 8.46. The molecular weight excluding hydrogens is 414 g/mol. The van der Waals surface area contributed by atoms with Gasteiger partial charge in [-0.1, -0.05) is 6.07 Å². The van der Waals surface area contributed by atoms with Gasteiger partial charge >= 0.3 is 0 Å². The van der Waals surface area contributed by atoms with Gasteiger partial charge < -0.3 is 15.1 Å². The predicted molar refractivity (Wildman–Crippen MR) is 131 cm³/mol. The van der Waals surface area contributed by atoms with E-state index in [-0.39, 0.29) is 5.56 Å². The van der Waals surface area contributed by atoms with Crippen molar-refractivity contribution < 1.29 is 0 Å². The van der Waals surface area contributed by atoms with E-state index in [0.717, 1.165) is 48.5 Å². The molecule has 1 aliphatic heterocycles. The van der Waals surface area contributed by atoms with E-state index in [1.165, 1.54) is 5.69 Å². The molecule has 1 fully saturated rings. The zero-order chi connectivity index (χ0) is 22.8. The first-order chi connectivity index (χ1) is 16.1. The number of nitrogens with zero attached hydrogens (tertiary/aromatic N) is 6. The van der Waals surface area contributed by atoms with Crippen LogP contribution in [-0.4, -0.2) is 57.6 Å². The summed E-state index contributed by atoms with van der Waals surface area (Å²) in [5.74, 6) is 0.451. The highest BCUT2D eigenvalue weighted by Crippen LogP contribution is 2.22. The van der Waals surface area contributed by atoms with Crippen molar-refractivity contribution in [3.8, 4) is 0 Å². The van der Waals surface area contributed by atoms with Crippen LogP contribution in [0.3, 0.4) is 0 Å². The number of fused-ring (bicyclic) bond motifs is 1. The van der Waals surface area contributed by atoms with Gasteiger partial charge in [-0.15, -0.1) is 0 Å². The summed E-state index contributed by atoms with van der Waals surface area (Å²) < 4.78 is 1.65. The fourth-order valence-electron chi connectivity index (χ4n) is 4.07. The minimum atomic E-state index is -0.117. The lowest BCUT2D eigenvalue weighted by atomic mass is 10.2. The van der Waals surface area contributed by atoms with Gasteiger partial charge in [0, 0.05) is 61.4 Å². The van der Waals surface area contributed by atoms with Gasteiger partial charge in [-0.3, -0.25) is 14.3 Å². The number of benzene rings is 1. The Balaban J connectivity index is 1.40. The topological polar surface area (TPSA) is 79.2 Å². The molecule has 1 saturated heterocycles. The zero-order valence-electron chi connectivity index (χ0n) is 18.9. The molecule has 1 aromatic carbocycles. The number of nitrogens with one attached hydrogen (secondary N) is 1. The number of hydrogen-bond donors (Lipinski definition) is 1. The Hall–Kier alpha value is -3.78. The summed E-state index contributed by atoms with van der Waals surface area (Å²) in [5.41, 5.74) is 4.46. The van der Waals surface area contributed by atoms with Gasteiger partial charge in [0.1, 0.15) is 5.65 Å². The van der Waals surface area contributed by atoms with E-state index in [2.05, 4.69) is 49.2 Å². The molecule has 1 N–H and O–H groups in total. The number of hydrogen-bond acceptors (Lipinski definition) is 7. The van der Waals surface area contributed by atoms with Gasteiger partial charge in [0.15, 0.2) is 0 Å². The number of likely N-dealkylation sites (N-methyl/N-ethyl adjacent to an activating group) is 1. The Morgan fingerprint density at radius 1 is 0.970 bits per heavy atom. The highest BCUT2D eigenvalue weighted by atomic mass is 16.1. The van der Waals surface area contributed by atoms with E-state index in [1.54, 1.807) is 29.1 Å². The minimum Gasteiger partial charge on any atom is -0.369 e. The van der Waals surface area contributed by atoms with Gasteiger partial charge in [0.25, 0.3) is 5.56 Å². The molecule has 0 saturated carbocycles. The largest absolute Gasteiger partial charge is 0.369 e. The van der Waals surface area contributed by atoms with Gasteiger partial charge in [-0.05, 0) is 55.9 Å². The highest BCUT2D eigenvalue weighted by molar-refractivity contribution is 5.76. The molecule has 0 bridgehead atoms. The quantitative estimate of drug-likeness (QED) is 0.510. The molecule has 8 heteroatoms. The average molecular weight is 442 g/mol. The lowest BCUT2D eigenvalue weighted by molar-refractivity contribution is 0.313.